The van der Waals surface area contributed by atoms with Crippen LogP contribution in [0.5, 0.6) is 0 Å². The number of carbonyl (C=O) groups excluding carboxylic acids is 1. The molecule has 0 aliphatic heterocycles. The quantitative estimate of drug-likeness (QED) is 0.654. The summed E-state index contributed by atoms with van der Waals surface area (Å²) in [6, 6.07) is 5.24. The molecule has 20 heavy (non-hydrogen) atoms. The molecule has 1 aromatic heterocycles. The average molecular weight is 291 g/mol. The Balaban J connectivity index is 2.05. The van der Waals surface area contributed by atoms with Crippen LogP contribution in [0.25, 0.3) is 0 Å². The van der Waals surface area contributed by atoms with E-state index in [1.165, 1.54) is 7.11 Å². The van der Waals surface area contributed by atoms with E-state index in [-0.39, 0.29) is 0 Å². The van der Waals surface area contributed by atoms with Gasteiger partial charge in [0.25, 0.3) is 0 Å². The summed E-state index contributed by atoms with van der Waals surface area (Å²) >= 11 is 1.64. The van der Waals surface area contributed by atoms with Crippen LogP contribution in [0.15, 0.2) is 29.8 Å². The SMILES string of the molecule is COC(=O)c1cc(NCC(C)c2nccs2)ccc1N. The predicted molar refractivity (Wildman–Crippen MR) is 81.2 cm³/mol. The number of rotatable bonds is 5. The lowest BCUT2D eigenvalue weighted by Gasteiger charge is -2.13. The van der Waals surface area contributed by atoms with Gasteiger partial charge in [0, 0.05) is 35.4 Å². The number of thiazole rings is 1. The molecule has 6 heteroatoms. The number of hydrogen-bond donors (Lipinski definition) is 2. The maximum absolute atomic E-state index is 11.6. The van der Waals surface area contributed by atoms with E-state index >= 15 is 0 Å². The van der Waals surface area contributed by atoms with Gasteiger partial charge in [-0.15, -0.1) is 11.3 Å². The summed E-state index contributed by atoms with van der Waals surface area (Å²) in [6.07, 6.45) is 1.80. The summed E-state index contributed by atoms with van der Waals surface area (Å²) in [5.41, 5.74) is 7.39. The number of carbonyl (C=O) groups is 1. The molecular weight excluding hydrogens is 274 g/mol. The highest BCUT2D eigenvalue weighted by Crippen LogP contribution is 2.21. The second kappa shape index (κ2) is 6.38. The molecular formula is C14H17N3O2S. The van der Waals surface area contributed by atoms with Crippen molar-refractivity contribution in [1.82, 2.24) is 4.98 Å². The van der Waals surface area contributed by atoms with Gasteiger partial charge < -0.3 is 15.8 Å². The average Bonchev–Trinajstić information content (AvgIpc) is 2.99. The zero-order valence-corrected chi connectivity index (χ0v) is 12.2. The third-order valence-electron chi connectivity index (χ3n) is 2.94. The number of anilines is 2. The molecule has 2 aromatic rings. The summed E-state index contributed by atoms with van der Waals surface area (Å²) in [7, 11) is 1.34. The minimum absolute atomic E-state index is 0.300. The molecule has 1 atom stereocenters. The molecule has 0 bridgehead atoms. The highest BCUT2D eigenvalue weighted by Gasteiger charge is 2.12. The number of aromatic nitrogens is 1. The first-order valence-corrected chi connectivity index (χ1v) is 7.11. The van der Waals surface area contributed by atoms with Crippen molar-refractivity contribution < 1.29 is 9.53 Å². The smallest absolute Gasteiger partial charge is 0.340 e. The number of nitrogens with two attached hydrogens (primary N) is 1. The molecule has 0 aliphatic carbocycles. The van der Waals surface area contributed by atoms with Gasteiger partial charge in [-0.2, -0.15) is 0 Å². The zero-order valence-electron chi connectivity index (χ0n) is 11.4. The molecule has 3 N–H and O–H groups in total. The highest BCUT2D eigenvalue weighted by atomic mass is 32.1. The largest absolute Gasteiger partial charge is 0.465 e. The number of nitrogens with one attached hydrogen (secondary N) is 1. The third-order valence-corrected chi connectivity index (χ3v) is 3.95. The molecule has 2 rings (SSSR count). The highest BCUT2D eigenvalue weighted by molar-refractivity contribution is 7.09. The number of benzene rings is 1. The number of esters is 1. The number of ether oxygens (including phenoxy) is 1. The van der Waals surface area contributed by atoms with Crippen molar-refractivity contribution in [3.8, 4) is 0 Å². The van der Waals surface area contributed by atoms with Crippen LogP contribution < -0.4 is 11.1 Å². The predicted octanol–water partition coefficient (Wildman–Crippen LogP) is 2.73. The van der Waals surface area contributed by atoms with Crippen molar-refractivity contribution in [3.05, 3.63) is 40.3 Å². The Bertz CT molecular complexity index is 584. The van der Waals surface area contributed by atoms with Crippen molar-refractivity contribution in [3.63, 3.8) is 0 Å². The van der Waals surface area contributed by atoms with Crippen molar-refractivity contribution in [2.45, 2.75) is 12.8 Å². The van der Waals surface area contributed by atoms with Crippen LogP contribution in [0.2, 0.25) is 0 Å². The lowest BCUT2D eigenvalue weighted by Crippen LogP contribution is -2.11. The Morgan fingerprint density at radius 3 is 3.00 bits per heavy atom. The first-order valence-electron chi connectivity index (χ1n) is 6.23. The van der Waals surface area contributed by atoms with Gasteiger partial charge in [-0.25, -0.2) is 9.78 Å². The number of nitrogens with zero attached hydrogens (tertiary/aromatic N) is 1. The normalized spacial score (nSPS) is 11.9. The molecule has 5 nitrogen and oxygen atoms in total. The fourth-order valence-electron chi connectivity index (χ4n) is 1.79. The number of nitrogen functional groups attached to an aromatic ring is 1. The van der Waals surface area contributed by atoms with Crippen molar-refractivity contribution in [2.24, 2.45) is 0 Å². The monoisotopic (exact) mass is 291 g/mol. The number of methoxy groups -OCH3 is 1. The van der Waals surface area contributed by atoms with Crippen LogP contribution in [0.3, 0.4) is 0 Å². The minimum Gasteiger partial charge on any atom is -0.465 e. The molecule has 0 saturated carbocycles. The van der Waals surface area contributed by atoms with E-state index in [0.717, 1.165) is 17.2 Å². The van der Waals surface area contributed by atoms with Crippen LogP contribution >= 0.6 is 11.3 Å². The summed E-state index contributed by atoms with van der Waals surface area (Å²) in [4.78, 5) is 15.9. The lowest BCUT2D eigenvalue weighted by atomic mass is 10.1. The van der Waals surface area contributed by atoms with Gasteiger partial charge in [0.15, 0.2) is 0 Å². The number of hydrogen-bond acceptors (Lipinski definition) is 6. The van der Waals surface area contributed by atoms with E-state index in [2.05, 4.69) is 17.2 Å². The summed E-state index contributed by atoms with van der Waals surface area (Å²) in [5, 5.41) is 6.33. The Hall–Kier alpha value is -2.08. The topological polar surface area (TPSA) is 77.2 Å². The van der Waals surface area contributed by atoms with Crippen LogP contribution in [-0.2, 0) is 4.74 Å². The lowest BCUT2D eigenvalue weighted by molar-refractivity contribution is 0.0602. The van der Waals surface area contributed by atoms with Crippen LogP contribution in [-0.4, -0.2) is 24.6 Å². The first-order chi connectivity index (χ1) is 9.61. The van der Waals surface area contributed by atoms with Crippen LogP contribution in [0.1, 0.15) is 28.2 Å². The van der Waals surface area contributed by atoms with E-state index < -0.39 is 5.97 Å². The van der Waals surface area contributed by atoms with E-state index in [9.17, 15) is 4.79 Å². The van der Waals surface area contributed by atoms with Crippen LogP contribution in [0.4, 0.5) is 11.4 Å². The Morgan fingerprint density at radius 2 is 2.35 bits per heavy atom. The summed E-state index contributed by atoms with van der Waals surface area (Å²) in [5.74, 6) is -0.131. The zero-order chi connectivity index (χ0) is 14.5. The van der Waals surface area contributed by atoms with Crippen molar-refractivity contribution in [2.75, 3.05) is 24.7 Å². The molecule has 0 saturated heterocycles. The fraction of sp³-hybridized carbons (Fsp3) is 0.286. The first kappa shape index (κ1) is 14.3. The van der Waals surface area contributed by atoms with Gasteiger partial charge in [-0.3, -0.25) is 0 Å². The van der Waals surface area contributed by atoms with Gasteiger partial charge in [0.2, 0.25) is 0 Å². The van der Waals surface area contributed by atoms with Gasteiger partial charge in [-0.1, -0.05) is 6.92 Å². The molecule has 1 heterocycles. The third kappa shape index (κ3) is 3.27. The molecule has 0 spiro atoms. The maximum Gasteiger partial charge on any atom is 0.340 e. The molecule has 1 unspecified atom stereocenters. The van der Waals surface area contributed by atoms with Gasteiger partial charge in [0.1, 0.15) is 0 Å². The molecule has 1 aromatic carbocycles. The molecule has 0 radical (unpaired) electrons. The van der Waals surface area contributed by atoms with E-state index in [4.69, 9.17) is 10.5 Å². The van der Waals surface area contributed by atoms with E-state index in [0.29, 0.717) is 17.2 Å². The van der Waals surface area contributed by atoms with E-state index in [1.807, 2.05) is 11.4 Å². The standard InChI is InChI=1S/C14H17N3O2S/c1-9(13-16-5-6-20-13)8-17-10-3-4-12(15)11(7-10)14(18)19-2/h3-7,9,17H,8,15H2,1-2H3. The van der Waals surface area contributed by atoms with E-state index in [1.54, 1.807) is 29.7 Å². The van der Waals surface area contributed by atoms with Gasteiger partial charge in [-0.05, 0) is 18.2 Å². The maximum atomic E-state index is 11.6. The van der Waals surface area contributed by atoms with Crippen molar-refractivity contribution in [1.29, 1.82) is 0 Å². The Kier molecular flexibility index (Phi) is 4.57. The summed E-state index contributed by atoms with van der Waals surface area (Å²) in [6.45, 7) is 2.84. The van der Waals surface area contributed by atoms with Gasteiger partial charge >= 0.3 is 5.97 Å². The molecule has 0 aliphatic rings. The fourth-order valence-corrected chi connectivity index (χ4v) is 2.49. The minimum atomic E-state index is -0.431. The second-order valence-corrected chi connectivity index (χ2v) is 5.37. The molecule has 106 valence electrons. The Labute approximate surface area is 121 Å². The van der Waals surface area contributed by atoms with Crippen LogP contribution in [0, 0.1) is 0 Å². The molecule has 0 amide bonds. The van der Waals surface area contributed by atoms with Crippen molar-refractivity contribution >= 4 is 28.7 Å². The van der Waals surface area contributed by atoms with Gasteiger partial charge in [0.05, 0.1) is 17.7 Å². The Morgan fingerprint density at radius 1 is 1.55 bits per heavy atom. The summed E-state index contributed by atoms with van der Waals surface area (Å²) < 4.78 is 4.70. The second-order valence-electron chi connectivity index (χ2n) is 4.45. The molecule has 0 fully saturated rings.